The molecule has 16 heavy (non-hydrogen) atoms. The van der Waals surface area contributed by atoms with Crippen LogP contribution >= 0.6 is 0 Å². The lowest BCUT2D eigenvalue weighted by molar-refractivity contribution is 0.448. The molecular formula is C13H16FNO. The second-order valence-corrected chi connectivity index (χ2v) is 3.69. The summed E-state index contributed by atoms with van der Waals surface area (Å²) in [4.78, 5) is 0. The highest BCUT2D eigenvalue weighted by atomic mass is 19.1. The molecule has 0 aliphatic carbocycles. The predicted octanol–water partition coefficient (Wildman–Crippen LogP) is 2.60. The summed E-state index contributed by atoms with van der Waals surface area (Å²) < 4.78 is 13.0. The molecule has 0 aliphatic heterocycles. The van der Waals surface area contributed by atoms with E-state index in [0.29, 0.717) is 5.56 Å². The van der Waals surface area contributed by atoms with Crippen molar-refractivity contribution in [2.75, 3.05) is 6.54 Å². The van der Waals surface area contributed by atoms with Crippen molar-refractivity contribution < 1.29 is 9.50 Å². The van der Waals surface area contributed by atoms with Crippen LogP contribution in [0.25, 0.3) is 0 Å². The Labute approximate surface area is 95.5 Å². The van der Waals surface area contributed by atoms with E-state index in [0.717, 1.165) is 19.4 Å². The van der Waals surface area contributed by atoms with E-state index >= 15 is 0 Å². The van der Waals surface area contributed by atoms with Crippen molar-refractivity contribution >= 4 is 0 Å². The number of rotatable bonds is 5. The Kier molecular flexibility index (Phi) is 4.81. The summed E-state index contributed by atoms with van der Waals surface area (Å²) in [5, 5.41) is 12.7. The highest BCUT2D eigenvalue weighted by Crippen LogP contribution is 2.24. The molecule has 0 radical (unpaired) electrons. The van der Waals surface area contributed by atoms with Gasteiger partial charge in [-0.25, -0.2) is 4.39 Å². The van der Waals surface area contributed by atoms with Crippen molar-refractivity contribution in [1.29, 1.82) is 0 Å². The Morgan fingerprint density at radius 1 is 1.56 bits per heavy atom. The molecule has 0 amide bonds. The summed E-state index contributed by atoms with van der Waals surface area (Å²) in [6, 6.07) is 3.86. The molecule has 1 aromatic rings. The van der Waals surface area contributed by atoms with Crippen LogP contribution in [0, 0.1) is 18.2 Å². The number of phenols is 1. The first-order chi connectivity index (χ1) is 7.65. The van der Waals surface area contributed by atoms with Crippen LogP contribution in [0.2, 0.25) is 0 Å². The molecule has 3 heteroatoms. The predicted molar refractivity (Wildman–Crippen MR) is 62.5 cm³/mol. The second-order valence-electron chi connectivity index (χ2n) is 3.69. The van der Waals surface area contributed by atoms with E-state index in [1.54, 1.807) is 0 Å². The zero-order chi connectivity index (χ0) is 12.0. The highest BCUT2D eigenvalue weighted by molar-refractivity contribution is 5.34. The molecule has 1 atom stereocenters. The topological polar surface area (TPSA) is 32.3 Å². The van der Waals surface area contributed by atoms with E-state index in [9.17, 15) is 9.50 Å². The number of halogens is 1. The average Bonchev–Trinajstić information content (AvgIpc) is 2.27. The van der Waals surface area contributed by atoms with Gasteiger partial charge in [0.15, 0.2) is 0 Å². The van der Waals surface area contributed by atoms with Gasteiger partial charge >= 0.3 is 0 Å². The lowest BCUT2D eigenvalue weighted by Gasteiger charge is -2.15. The van der Waals surface area contributed by atoms with Crippen LogP contribution in [0.3, 0.4) is 0 Å². The van der Waals surface area contributed by atoms with Crippen LogP contribution in [0.4, 0.5) is 4.39 Å². The largest absolute Gasteiger partial charge is 0.508 e. The fourth-order valence-electron chi connectivity index (χ4n) is 1.49. The Morgan fingerprint density at radius 2 is 2.31 bits per heavy atom. The third kappa shape index (κ3) is 3.56. The second kappa shape index (κ2) is 6.14. The number of benzene rings is 1. The summed E-state index contributed by atoms with van der Waals surface area (Å²) in [5.41, 5.74) is 0.570. The van der Waals surface area contributed by atoms with E-state index in [2.05, 4.69) is 11.2 Å². The van der Waals surface area contributed by atoms with Crippen LogP contribution in [0.15, 0.2) is 18.2 Å². The zero-order valence-corrected chi connectivity index (χ0v) is 9.33. The summed E-state index contributed by atoms with van der Waals surface area (Å²) in [6.07, 6.45) is 6.72. The van der Waals surface area contributed by atoms with Gasteiger partial charge in [-0.3, -0.25) is 0 Å². The van der Waals surface area contributed by atoms with Crippen LogP contribution in [0.1, 0.15) is 31.4 Å². The molecule has 0 bridgehead atoms. The van der Waals surface area contributed by atoms with Crippen LogP contribution in [-0.4, -0.2) is 11.7 Å². The molecule has 0 saturated carbocycles. The SMILES string of the molecule is C#CCCCNC(C)c1cc(F)ccc1O. The first-order valence-corrected chi connectivity index (χ1v) is 5.30. The van der Waals surface area contributed by atoms with Gasteiger partial charge in [-0.05, 0) is 38.1 Å². The number of unbranched alkanes of at least 4 members (excludes halogenated alkanes) is 1. The van der Waals surface area contributed by atoms with Crippen LogP contribution in [-0.2, 0) is 0 Å². The van der Waals surface area contributed by atoms with E-state index in [1.165, 1.54) is 18.2 Å². The lowest BCUT2D eigenvalue weighted by Crippen LogP contribution is -2.19. The minimum absolute atomic E-state index is 0.0894. The smallest absolute Gasteiger partial charge is 0.123 e. The molecule has 0 fully saturated rings. The fourth-order valence-corrected chi connectivity index (χ4v) is 1.49. The maximum Gasteiger partial charge on any atom is 0.123 e. The van der Waals surface area contributed by atoms with Crippen molar-refractivity contribution in [1.82, 2.24) is 5.32 Å². The van der Waals surface area contributed by atoms with Gasteiger partial charge in [0.05, 0.1) is 0 Å². The monoisotopic (exact) mass is 221 g/mol. The van der Waals surface area contributed by atoms with Crippen molar-refractivity contribution in [2.45, 2.75) is 25.8 Å². The Bertz CT molecular complexity index is 384. The molecule has 0 heterocycles. The number of terminal acetylenes is 1. The Balaban J connectivity index is 2.55. The van der Waals surface area contributed by atoms with E-state index < -0.39 is 0 Å². The highest BCUT2D eigenvalue weighted by Gasteiger charge is 2.10. The van der Waals surface area contributed by atoms with Gasteiger partial charge in [0, 0.05) is 18.0 Å². The maximum atomic E-state index is 13.0. The van der Waals surface area contributed by atoms with Gasteiger partial charge in [-0.1, -0.05) is 0 Å². The van der Waals surface area contributed by atoms with Gasteiger partial charge in [-0.2, -0.15) is 0 Å². The van der Waals surface area contributed by atoms with Crippen molar-refractivity contribution in [3.05, 3.63) is 29.6 Å². The molecule has 1 unspecified atom stereocenters. The molecule has 0 aromatic heterocycles. The molecule has 0 spiro atoms. The maximum absolute atomic E-state index is 13.0. The number of aromatic hydroxyl groups is 1. The molecule has 2 nitrogen and oxygen atoms in total. The Morgan fingerprint density at radius 3 is 3.00 bits per heavy atom. The van der Waals surface area contributed by atoms with Crippen molar-refractivity contribution in [2.24, 2.45) is 0 Å². The first-order valence-electron chi connectivity index (χ1n) is 5.30. The fraction of sp³-hybridized carbons (Fsp3) is 0.385. The van der Waals surface area contributed by atoms with Gasteiger partial charge in [0.1, 0.15) is 11.6 Å². The molecule has 86 valence electrons. The summed E-state index contributed by atoms with van der Waals surface area (Å²) in [7, 11) is 0. The number of hydrogen-bond acceptors (Lipinski definition) is 2. The molecular weight excluding hydrogens is 205 g/mol. The van der Waals surface area contributed by atoms with Gasteiger partial charge < -0.3 is 10.4 Å². The van der Waals surface area contributed by atoms with Gasteiger partial charge in [-0.15, -0.1) is 12.3 Å². The minimum Gasteiger partial charge on any atom is -0.508 e. The standard InChI is InChI=1S/C13H16FNO/c1-3-4-5-8-15-10(2)12-9-11(14)6-7-13(12)16/h1,6-7,9-10,15-16H,4-5,8H2,2H3. The molecule has 2 N–H and O–H groups in total. The Hall–Kier alpha value is -1.53. The summed E-state index contributed by atoms with van der Waals surface area (Å²) in [6.45, 7) is 2.63. The normalized spacial score (nSPS) is 12.1. The number of hydrogen-bond donors (Lipinski definition) is 2. The van der Waals surface area contributed by atoms with E-state index in [4.69, 9.17) is 6.42 Å². The molecule has 1 rings (SSSR count). The third-order valence-electron chi connectivity index (χ3n) is 2.40. The summed E-state index contributed by atoms with van der Waals surface area (Å²) >= 11 is 0. The number of phenolic OH excluding ortho intramolecular Hbond substituents is 1. The van der Waals surface area contributed by atoms with Crippen LogP contribution < -0.4 is 5.32 Å². The third-order valence-corrected chi connectivity index (χ3v) is 2.40. The molecule has 0 saturated heterocycles. The summed E-state index contributed by atoms with van der Waals surface area (Å²) in [5.74, 6) is 2.32. The quantitative estimate of drug-likeness (QED) is 0.591. The van der Waals surface area contributed by atoms with Crippen molar-refractivity contribution in [3.8, 4) is 18.1 Å². The minimum atomic E-state index is -0.343. The van der Waals surface area contributed by atoms with E-state index in [1.807, 2.05) is 6.92 Å². The lowest BCUT2D eigenvalue weighted by atomic mass is 10.1. The van der Waals surface area contributed by atoms with Gasteiger partial charge in [0.25, 0.3) is 0 Å². The van der Waals surface area contributed by atoms with Crippen LogP contribution in [0.5, 0.6) is 5.75 Å². The number of nitrogens with one attached hydrogen (secondary N) is 1. The molecule has 1 aromatic carbocycles. The first kappa shape index (κ1) is 12.5. The molecule has 0 aliphatic rings. The average molecular weight is 221 g/mol. The van der Waals surface area contributed by atoms with E-state index in [-0.39, 0.29) is 17.6 Å². The van der Waals surface area contributed by atoms with Crippen molar-refractivity contribution in [3.63, 3.8) is 0 Å². The zero-order valence-electron chi connectivity index (χ0n) is 9.33. The van der Waals surface area contributed by atoms with Gasteiger partial charge in [0.2, 0.25) is 0 Å².